The Balaban J connectivity index is 2.54. The summed E-state index contributed by atoms with van der Waals surface area (Å²) in [5.41, 5.74) is -2.95. The van der Waals surface area contributed by atoms with Gasteiger partial charge in [0, 0.05) is 0 Å². The maximum Gasteiger partial charge on any atom is 0.419 e. The first kappa shape index (κ1) is 17.8. The number of aliphatic hydroxyl groups is 1. The van der Waals surface area contributed by atoms with Crippen LogP contribution < -0.4 is 5.32 Å². The molecule has 0 saturated heterocycles. The lowest BCUT2D eigenvalue weighted by atomic mass is 9.99. The highest BCUT2D eigenvalue weighted by Gasteiger charge is 2.55. The van der Waals surface area contributed by atoms with Crippen molar-refractivity contribution in [2.45, 2.75) is 24.8 Å². The van der Waals surface area contributed by atoms with Gasteiger partial charge >= 0.3 is 18.2 Å². The molecule has 0 aliphatic heterocycles. The van der Waals surface area contributed by atoms with Crippen LogP contribution in [0.25, 0.3) is 0 Å². The number of aliphatic carboxylic acids is 1. The Morgan fingerprint density at radius 1 is 1.18 bits per heavy atom. The van der Waals surface area contributed by atoms with Gasteiger partial charge in [-0.3, -0.25) is 4.79 Å². The molecule has 122 valence electrons. The van der Waals surface area contributed by atoms with Gasteiger partial charge in [0.05, 0.1) is 13.0 Å². The van der Waals surface area contributed by atoms with E-state index in [-0.39, 0.29) is 6.61 Å². The number of alkyl carbamates (subject to hydrolysis) is 1. The van der Waals surface area contributed by atoms with Crippen molar-refractivity contribution in [1.82, 2.24) is 5.32 Å². The van der Waals surface area contributed by atoms with Gasteiger partial charge in [-0.15, -0.1) is 0 Å². The first-order valence-corrected chi connectivity index (χ1v) is 6.09. The zero-order valence-electron chi connectivity index (χ0n) is 11.3. The topological polar surface area (TPSA) is 95.9 Å². The Bertz CT molecular complexity index is 520. The fraction of sp³-hybridized carbons (Fsp3) is 0.385. The van der Waals surface area contributed by atoms with Gasteiger partial charge in [0.2, 0.25) is 0 Å². The number of hydrogen-bond acceptors (Lipinski definition) is 4. The Hall–Kier alpha value is -2.29. The fourth-order valence-corrected chi connectivity index (χ4v) is 1.51. The Labute approximate surface area is 123 Å². The number of carboxylic acids is 1. The molecule has 0 bridgehead atoms. The van der Waals surface area contributed by atoms with Crippen LogP contribution in [0.15, 0.2) is 30.3 Å². The number of carboxylic acid groups (broad SMARTS) is 1. The van der Waals surface area contributed by atoms with Gasteiger partial charge in [-0.25, -0.2) is 4.79 Å². The lowest BCUT2D eigenvalue weighted by Crippen LogP contribution is -2.54. The molecule has 0 saturated carbocycles. The quantitative estimate of drug-likeness (QED) is 0.741. The summed E-state index contributed by atoms with van der Waals surface area (Å²) >= 11 is 0. The summed E-state index contributed by atoms with van der Waals surface area (Å²) < 4.78 is 42.6. The van der Waals surface area contributed by atoms with Crippen molar-refractivity contribution in [3.05, 3.63) is 35.9 Å². The minimum Gasteiger partial charge on any atom is -0.481 e. The summed E-state index contributed by atoms with van der Waals surface area (Å²) in [7, 11) is 0. The summed E-state index contributed by atoms with van der Waals surface area (Å²) in [6.45, 7) is -1.49. The first-order valence-electron chi connectivity index (χ1n) is 6.09. The van der Waals surface area contributed by atoms with Gasteiger partial charge in [-0.2, -0.15) is 13.2 Å². The van der Waals surface area contributed by atoms with E-state index < -0.39 is 36.8 Å². The molecule has 3 N–H and O–H groups in total. The Kier molecular flexibility index (Phi) is 5.75. The summed E-state index contributed by atoms with van der Waals surface area (Å²) in [6, 6.07) is 8.39. The largest absolute Gasteiger partial charge is 0.481 e. The van der Waals surface area contributed by atoms with Crippen molar-refractivity contribution >= 4 is 12.1 Å². The monoisotopic (exact) mass is 321 g/mol. The number of hydrogen-bond donors (Lipinski definition) is 3. The van der Waals surface area contributed by atoms with E-state index >= 15 is 0 Å². The molecule has 0 unspecified atom stereocenters. The Morgan fingerprint density at radius 3 is 2.27 bits per heavy atom. The van der Waals surface area contributed by atoms with Gasteiger partial charge in [0.15, 0.2) is 5.60 Å². The highest BCUT2D eigenvalue weighted by atomic mass is 19.4. The van der Waals surface area contributed by atoms with Crippen LogP contribution in [-0.4, -0.2) is 40.6 Å². The summed E-state index contributed by atoms with van der Waals surface area (Å²) in [4.78, 5) is 21.7. The predicted molar refractivity (Wildman–Crippen MR) is 67.9 cm³/mol. The van der Waals surface area contributed by atoms with E-state index in [0.717, 1.165) is 0 Å². The lowest BCUT2D eigenvalue weighted by Gasteiger charge is -2.28. The number of benzene rings is 1. The third kappa shape index (κ3) is 5.24. The number of carbonyl (C=O) groups excluding carboxylic acids is 1. The predicted octanol–water partition coefficient (Wildman–Crippen LogP) is 1.68. The third-order valence-corrected chi connectivity index (χ3v) is 2.71. The molecular weight excluding hydrogens is 307 g/mol. The SMILES string of the molecule is O=C(O)C[C@@](O)(CNC(=O)OCc1ccccc1)C(F)(F)F. The second-order valence-corrected chi connectivity index (χ2v) is 4.52. The van der Waals surface area contributed by atoms with Gasteiger partial charge in [0.25, 0.3) is 0 Å². The number of alkyl halides is 3. The molecule has 6 nitrogen and oxygen atoms in total. The lowest BCUT2D eigenvalue weighted by molar-refractivity contribution is -0.259. The van der Waals surface area contributed by atoms with Crippen LogP contribution in [0.4, 0.5) is 18.0 Å². The second-order valence-electron chi connectivity index (χ2n) is 4.52. The molecule has 0 aliphatic carbocycles. The number of halogens is 3. The normalized spacial score (nSPS) is 14.0. The van der Waals surface area contributed by atoms with Crippen LogP contribution >= 0.6 is 0 Å². The third-order valence-electron chi connectivity index (χ3n) is 2.71. The van der Waals surface area contributed by atoms with Crippen molar-refractivity contribution in [3.63, 3.8) is 0 Å². The highest BCUT2D eigenvalue weighted by molar-refractivity contribution is 5.69. The minimum atomic E-state index is -5.21. The number of ether oxygens (including phenoxy) is 1. The van der Waals surface area contributed by atoms with Crippen molar-refractivity contribution in [2.24, 2.45) is 0 Å². The molecule has 1 aromatic carbocycles. The summed E-state index contributed by atoms with van der Waals surface area (Å²) in [5.74, 6) is -1.85. The van der Waals surface area contributed by atoms with Gasteiger partial charge in [-0.05, 0) is 5.56 Å². The molecule has 0 aromatic heterocycles. The molecule has 1 aromatic rings. The van der Waals surface area contributed by atoms with Crippen molar-refractivity contribution < 1.29 is 37.7 Å². The van der Waals surface area contributed by atoms with Crippen molar-refractivity contribution in [1.29, 1.82) is 0 Å². The highest BCUT2D eigenvalue weighted by Crippen LogP contribution is 2.32. The second kappa shape index (κ2) is 7.12. The molecule has 0 spiro atoms. The smallest absolute Gasteiger partial charge is 0.419 e. The van der Waals surface area contributed by atoms with E-state index in [4.69, 9.17) is 5.11 Å². The molecule has 0 aliphatic rings. The Morgan fingerprint density at radius 2 is 1.77 bits per heavy atom. The number of rotatable bonds is 6. The summed E-state index contributed by atoms with van der Waals surface area (Å²) in [6.07, 6.45) is -8.00. The number of nitrogens with one attached hydrogen (secondary N) is 1. The van der Waals surface area contributed by atoms with E-state index in [9.17, 15) is 27.9 Å². The average molecular weight is 321 g/mol. The first-order chi connectivity index (χ1) is 10.1. The number of amides is 1. The molecule has 1 amide bonds. The number of carbonyl (C=O) groups is 2. The zero-order chi connectivity index (χ0) is 16.8. The van der Waals surface area contributed by atoms with Crippen molar-refractivity contribution in [2.75, 3.05) is 6.54 Å². The van der Waals surface area contributed by atoms with E-state index in [1.54, 1.807) is 35.6 Å². The molecule has 0 fully saturated rings. The van der Waals surface area contributed by atoms with Crippen LogP contribution in [0.5, 0.6) is 0 Å². The fourth-order valence-electron chi connectivity index (χ4n) is 1.51. The maximum atomic E-state index is 12.7. The standard InChI is InChI=1S/C13H14F3NO5/c14-13(15,16)12(21,6-10(18)19)8-17-11(20)22-7-9-4-2-1-3-5-9/h1-5,21H,6-8H2,(H,17,20)(H,18,19)/t12-/m1/s1. The molecule has 0 radical (unpaired) electrons. The van der Waals surface area contributed by atoms with Crippen LogP contribution in [0.2, 0.25) is 0 Å². The van der Waals surface area contributed by atoms with Crippen molar-refractivity contribution in [3.8, 4) is 0 Å². The molecule has 9 heteroatoms. The zero-order valence-corrected chi connectivity index (χ0v) is 11.3. The van der Waals surface area contributed by atoms with Crippen LogP contribution in [0.1, 0.15) is 12.0 Å². The molecular formula is C13H14F3NO5. The van der Waals surface area contributed by atoms with Gasteiger partial charge < -0.3 is 20.3 Å². The van der Waals surface area contributed by atoms with Crippen LogP contribution in [0.3, 0.4) is 0 Å². The van der Waals surface area contributed by atoms with Gasteiger partial charge in [-0.1, -0.05) is 30.3 Å². The maximum absolute atomic E-state index is 12.7. The summed E-state index contributed by atoms with van der Waals surface area (Å²) in [5, 5.41) is 19.5. The van der Waals surface area contributed by atoms with E-state index in [0.29, 0.717) is 5.56 Å². The van der Waals surface area contributed by atoms with Crippen LogP contribution in [0, 0.1) is 0 Å². The van der Waals surface area contributed by atoms with E-state index in [1.165, 1.54) is 0 Å². The molecule has 1 atom stereocenters. The van der Waals surface area contributed by atoms with E-state index in [1.807, 2.05) is 0 Å². The molecule has 22 heavy (non-hydrogen) atoms. The minimum absolute atomic E-state index is 0.171. The molecule has 0 heterocycles. The van der Waals surface area contributed by atoms with E-state index in [2.05, 4.69) is 4.74 Å². The van der Waals surface area contributed by atoms with Gasteiger partial charge in [0.1, 0.15) is 6.61 Å². The van der Waals surface area contributed by atoms with Crippen LogP contribution in [-0.2, 0) is 16.1 Å². The molecule has 1 rings (SSSR count). The average Bonchev–Trinajstić information content (AvgIpc) is 2.42.